The van der Waals surface area contributed by atoms with Crippen molar-refractivity contribution in [2.24, 2.45) is 5.10 Å². The van der Waals surface area contributed by atoms with Gasteiger partial charge < -0.3 is 4.48 Å². The SMILES string of the molecule is C[N+](C)(C)CC(=O)NN=Cc1ccc(Cl)cc1. The Morgan fingerprint density at radius 3 is 2.47 bits per heavy atom. The third-order valence-corrected chi connectivity index (χ3v) is 2.14. The zero-order chi connectivity index (χ0) is 12.9. The van der Waals surface area contributed by atoms with Gasteiger partial charge in [-0.25, -0.2) is 5.43 Å². The Morgan fingerprint density at radius 2 is 1.94 bits per heavy atom. The second-order valence-corrected chi connectivity index (χ2v) is 5.23. The number of benzene rings is 1. The smallest absolute Gasteiger partial charge is 0.295 e. The number of amides is 1. The highest BCUT2D eigenvalue weighted by atomic mass is 35.5. The van der Waals surface area contributed by atoms with Crippen LogP contribution in [0.3, 0.4) is 0 Å². The first-order valence-electron chi connectivity index (χ1n) is 5.25. The van der Waals surface area contributed by atoms with Gasteiger partial charge in [0.2, 0.25) is 0 Å². The Labute approximate surface area is 106 Å². The highest BCUT2D eigenvalue weighted by molar-refractivity contribution is 6.30. The summed E-state index contributed by atoms with van der Waals surface area (Å²) in [5.41, 5.74) is 3.37. The average molecular weight is 255 g/mol. The number of rotatable bonds is 4. The maximum atomic E-state index is 11.4. The minimum absolute atomic E-state index is 0.109. The molecule has 1 rings (SSSR count). The predicted octanol–water partition coefficient (Wildman–Crippen LogP) is 1.50. The molecule has 4 nitrogen and oxygen atoms in total. The first kappa shape index (κ1) is 13.7. The maximum absolute atomic E-state index is 11.4. The van der Waals surface area contributed by atoms with Gasteiger partial charge in [0.05, 0.1) is 27.4 Å². The number of carbonyl (C=O) groups excluding carboxylic acids is 1. The molecule has 0 saturated carbocycles. The fourth-order valence-corrected chi connectivity index (χ4v) is 1.32. The Morgan fingerprint density at radius 1 is 1.35 bits per heavy atom. The minimum Gasteiger partial charge on any atom is -0.323 e. The fourth-order valence-electron chi connectivity index (χ4n) is 1.19. The Hall–Kier alpha value is -1.39. The monoisotopic (exact) mass is 254 g/mol. The van der Waals surface area contributed by atoms with Crippen molar-refractivity contribution in [1.82, 2.24) is 5.43 Å². The number of hydrazone groups is 1. The Balaban J connectivity index is 2.45. The number of carbonyl (C=O) groups is 1. The number of nitrogens with zero attached hydrogens (tertiary/aromatic N) is 2. The van der Waals surface area contributed by atoms with Crippen molar-refractivity contribution in [3.8, 4) is 0 Å². The zero-order valence-electron chi connectivity index (χ0n) is 10.3. The van der Waals surface area contributed by atoms with E-state index in [0.717, 1.165) is 5.56 Å². The van der Waals surface area contributed by atoms with Gasteiger partial charge in [-0.2, -0.15) is 5.10 Å². The summed E-state index contributed by atoms with van der Waals surface area (Å²) in [5, 5.41) is 4.55. The summed E-state index contributed by atoms with van der Waals surface area (Å²) in [6, 6.07) is 7.21. The van der Waals surface area contributed by atoms with Gasteiger partial charge in [-0.15, -0.1) is 0 Å². The van der Waals surface area contributed by atoms with Crippen LogP contribution in [-0.4, -0.2) is 44.3 Å². The van der Waals surface area contributed by atoms with Crippen LogP contribution in [0.2, 0.25) is 5.02 Å². The summed E-state index contributed by atoms with van der Waals surface area (Å²) in [4.78, 5) is 11.4. The van der Waals surface area contributed by atoms with E-state index in [1.165, 1.54) is 0 Å². The molecule has 1 N–H and O–H groups in total. The molecule has 0 atom stereocenters. The molecule has 0 fully saturated rings. The maximum Gasteiger partial charge on any atom is 0.295 e. The van der Waals surface area contributed by atoms with Gasteiger partial charge in [0.1, 0.15) is 0 Å². The van der Waals surface area contributed by atoms with Crippen LogP contribution in [0.15, 0.2) is 29.4 Å². The molecule has 0 heterocycles. The zero-order valence-corrected chi connectivity index (χ0v) is 11.0. The number of nitrogens with one attached hydrogen (secondary N) is 1. The van der Waals surface area contributed by atoms with Crippen LogP contribution in [-0.2, 0) is 4.79 Å². The van der Waals surface area contributed by atoms with Gasteiger partial charge in [-0.1, -0.05) is 23.7 Å². The molecule has 0 saturated heterocycles. The summed E-state index contributed by atoms with van der Waals surface area (Å²) >= 11 is 5.75. The topological polar surface area (TPSA) is 41.5 Å². The number of quaternary nitrogens is 1. The second-order valence-electron chi connectivity index (χ2n) is 4.79. The molecule has 0 spiro atoms. The van der Waals surface area contributed by atoms with Gasteiger partial charge in [0.15, 0.2) is 6.54 Å². The standard InChI is InChI=1S/C12H16ClN3O/c1-16(2,3)9-12(17)15-14-8-10-4-6-11(13)7-5-10/h4-8H,9H2,1-3H3/p+1. The molecule has 0 aliphatic rings. The van der Waals surface area contributed by atoms with E-state index in [1.54, 1.807) is 18.3 Å². The minimum atomic E-state index is -0.109. The third-order valence-electron chi connectivity index (χ3n) is 1.89. The average Bonchev–Trinajstić information content (AvgIpc) is 2.18. The van der Waals surface area contributed by atoms with E-state index in [2.05, 4.69) is 10.5 Å². The lowest BCUT2D eigenvalue weighted by molar-refractivity contribution is -0.862. The van der Waals surface area contributed by atoms with E-state index in [4.69, 9.17) is 11.6 Å². The van der Waals surface area contributed by atoms with Crippen molar-refractivity contribution in [1.29, 1.82) is 0 Å². The second kappa shape index (κ2) is 5.80. The van der Waals surface area contributed by atoms with E-state index in [0.29, 0.717) is 16.1 Å². The van der Waals surface area contributed by atoms with Crippen LogP contribution in [0.1, 0.15) is 5.56 Å². The number of likely N-dealkylation sites (N-methyl/N-ethyl adjacent to an activating group) is 1. The van der Waals surface area contributed by atoms with Crippen molar-refractivity contribution in [2.75, 3.05) is 27.7 Å². The van der Waals surface area contributed by atoms with Gasteiger partial charge in [-0.3, -0.25) is 4.79 Å². The van der Waals surface area contributed by atoms with Crippen LogP contribution < -0.4 is 5.43 Å². The van der Waals surface area contributed by atoms with Crippen LogP contribution in [0.4, 0.5) is 0 Å². The van der Waals surface area contributed by atoms with Crippen molar-refractivity contribution in [2.45, 2.75) is 0 Å². The number of hydrogen-bond acceptors (Lipinski definition) is 2. The van der Waals surface area contributed by atoms with Crippen LogP contribution in [0.5, 0.6) is 0 Å². The molecule has 0 unspecified atom stereocenters. The van der Waals surface area contributed by atoms with Crippen LogP contribution in [0, 0.1) is 0 Å². The molecule has 17 heavy (non-hydrogen) atoms. The lowest BCUT2D eigenvalue weighted by Crippen LogP contribution is -2.43. The van der Waals surface area contributed by atoms with Crippen molar-refractivity contribution in [3.63, 3.8) is 0 Å². The van der Waals surface area contributed by atoms with Gasteiger partial charge in [0, 0.05) is 5.02 Å². The molecule has 0 aliphatic heterocycles. The largest absolute Gasteiger partial charge is 0.323 e. The molecule has 1 amide bonds. The number of halogens is 1. The summed E-state index contributed by atoms with van der Waals surface area (Å²) in [6.07, 6.45) is 1.59. The molecule has 5 heteroatoms. The van der Waals surface area contributed by atoms with E-state index in [-0.39, 0.29) is 5.91 Å². The van der Waals surface area contributed by atoms with E-state index in [9.17, 15) is 4.79 Å². The van der Waals surface area contributed by atoms with Gasteiger partial charge >= 0.3 is 0 Å². The molecular formula is C12H17ClN3O+. The third kappa shape index (κ3) is 6.04. The molecule has 0 bridgehead atoms. The normalized spacial score (nSPS) is 11.8. The molecule has 1 aromatic carbocycles. The summed E-state index contributed by atoms with van der Waals surface area (Å²) < 4.78 is 0.572. The van der Waals surface area contributed by atoms with Gasteiger partial charge in [0.25, 0.3) is 5.91 Å². The Kier molecular flexibility index (Phi) is 4.66. The molecule has 1 aromatic rings. The highest BCUT2D eigenvalue weighted by Gasteiger charge is 2.12. The first-order valence-corrected chi connectivity index (χ1v) is 5.62. The van der Waals surface area contributed by atoms with Crippen molar-refractivity contribution in [3.05, 3.63) is 34.9 Å². The lowest BCUT2D eigenvalue weighted by Gasteiger charge is -2.21. The van der Waals surface area contributed by atoms with E-state index in [1.807, 2.05) is 33.3 Å². The Bertz CT molecular complexity index is 407. The van der Waals surface area contributed by atoms with E-state index >= 15 is 0 Å². The highest BCUT2D eigenvalue weighted by Crippen LogP contribution is 2.07. The predicted molar refractivity (Wildman–Crippen MR) is 70.1 cm³/mol. The van der Waals surface area contributed by atoms with E-state index < -0.39 is 0 Å². The van der Waals surface area contributed by atoms with Gasteiger partial charge in [-0.05, 0) is 17.7 Å². The van der Waals surface area contributed by atoms with Crippen LogP contribution in [0.25, 0.3) is 0 Å². The first-order chi connectivity index (χ1) is 7.87. The molecule has 0 aliphatic carbocycles. The summed E-state index contributed by atoms with van der Waals surface area (Å²) in [7, 11) is 5.84. The van der Waals surface area contributed by atoms with Crippen LogP contribution >= 0.6 is 11.6 Å². The molecule has 0 aromatic heterocycles. The summed E-state index contributed by atoms with van der Waals surface area (Å²) in [6.45, 7) is 0.387. The molecular weight excluding hydrogens is 238 g/mol. The fraction of sp³-hybridized carbons (Fsp3) is 0.333. The number of hydrogen-bond donors (Lipinski definition) is 1. The summed E-state index contributed by atoms with van der Waals surface area (Å²) in [5.74, 6) is -0.109. The molecule has 0 radical (unpaired) electrons. The molecule has 92 valence electrons. The quantitative estimate of drug-likeness (QED) is 0.494. The van der Waals surface area contributed by atoms with Crippen molar-refractivity contribution < 1.29 is 9.28 Å². The lowest BCUT2D eigenvalue weighted by atomic mass is 10.2. The van der Waals surface area contributed by atoms with Crippen molar-refractivity contribution >= 4 is 23.7 Å².